The molecule has 0 amide bonds. The van der Waals surface area contributed by atoms with Crippen LogP contribution in [0.5, 0.6) is 0 Å². The molecule has 0 bridgehead atoms. The minimum Gasteiger partial charge on any atom is -0.158 e. The van der Waals surface area contributed by atoms with Crippen molar-refractivity contribution in [2.75, 3.05) is 0 Å². The molecule has 0 aliphatic carbocycles. The summed E-state index contributed by atoms with van der Waals surface area (Å²) in [7, 11) is 0. The van der Waals surface area contributed by atoms with Gasteiger partial charge in [0.2, 0.25) is 0 Å². The summed E-state index contributed by atoms with van der Waals surface area (Å²) in [6.45, 7) is 0. The third-order valence-corrected chi connectivity index (χ3v) is 0.612. The molecule has 1 heterocycles. The van der Waals surface area contributed by atoms with Crippen LogP contribution in [-0.4, -0.2) is 5.71 Å². The minimum absolute atomic E-state index is 0.597. The summed E-state index contributed by atoms with van der Waals surface area (Å²) in [5.41, 5.74) is 4.10. The molecule has 7 heavy (non-hydrogen) atoms. The lowest BCUT2D eigenvalue weighted by atomic mass is 10.4. The molecule has 0 atom stereocenters. The van der Waals surface area contributed by atoms with Crippen molar-refractivity contribution in [1.29, 1.82) is 0 Å². The van der Waals surface area contributed by atoms with Crippen LogP contribution in [0.2, 0.25) is 0 Å². The van der Waals surface area contributed by atoms with Gasteiger partial charge >= 0.3 is 0 Å². The van der Waals surface area contributed by atoms with Crippen LogP contribution in [0.25, 0.3) is 0 Å². The third-order valence-electron chi connectivity index (χ3n) is 0.612. The van der Waals surface area contributed by atoms with Crippen molar-refractivity contribution < 1.29 is 0 Å². The van der Waals surface area contributed by atoms with E-state index in [4.69, 9.17) is 6.42 Å². The van der Waals surface area contributed by atoms with E-state index < -0.39 is 0 Å². The maximum absolute atomic E-state index is 4.94. The van der Waals surface area contributed by atoms with Crippen LogP contribution in [0, 0.1) is 12.3 Å². The van der Waals surface area contributed by atoms with Crippen LogP contribution in [0.4, 0.5) is 0 Å². The smallest absolute Gasteiger partial charge is 0.137 e. The zero-order valence-electron chi connectivity index (χ0n) is 3.63. The van der Waals surface area contributed by atoms with Crippen molar-refractivity contribution in [2.24, 2.45) is 5.10 Å². The fourth-order valence-electron chi connectivity index (χ4n) is 0.310. The number of nitrogens with zero attached hydrogens (tertiary/aromatic N) is 2. The molecule has 0 saturated carbocycles. The average molecular weight is 91.1 g/mol. The monoisotopic (exact) mass is 91.0 g/mol. The van der Waals surface area contributed by atoms with E-state index >= 15 is 0 Å². The van der Waals surface area contributed by atoms with E-state index in [9.17, 15) is 0 Å². The Hall–Kier alpha value is -1.23. The highest BCUT2D eigenvalue weighted by molar-refractivity contribution is 6.08. The Balaban J connectivity index is 2.75. The van der Waals surface area contributed by atoms with Gasteiger partial charge in [0.25, 0.3) is 0 Å². The summed E-state index contributed by atoms with van der Waals surface area (Å²) >= 11 is 0. The van der Waals surface area contributed by atoms with E-state index in [0.29, 0.717) is 5.71 Å². The SMILES string of the molecule is C#CC1=N[N]C=C1. The van der Waals surface area contributed by atoms with Gasteiger partial charge < -0.3 is 0 Å². The Bertz CT molecular complexity index is 159. The van der Waals surface area contributed by atoms with E-state index in [-0.39, 0.29) is 0 Å². The second kappa shape index (κ2) is 1.48. The molecule has 33 valence electrons. The molecule has 1 radical (unpaired) electrons. The molecular formula is C5H3N2. The van der Waals surface area contributed by atoms with Gasteiger partial charge in [-0.15, -0.1) is 11.5 Å². The first kappa shape index (κ1) is 3.94. The summed E-state index contributed by atoms with van der Waals surface area (Å²) in [5.74, 6) is 2.33. The van der Waals surface area contributed by atoms with Gasteiger partial charge in [0.05, 0.1) is 6.20 Å². The molecule has 0 saturated heterocycles. The fourth-order valence-corrected chi connectivity index (χ4v) is 0.310. The molecule has 0 N–H and O–H groups in total. The summed E-state index contributed by atoms with van der Waals surface area (Å²) in [6.07, 6.45) is 8.19. The summed E-state index contributed by atoms with van der Waals surface area (Å²) in [5, 5.41) is 3.55. The highest BCUT2D eigenvalue weighted by atomic mass is 15.3. The van der Waals surface area contributed by atoms with Crippen molar-refractivity contribution in [3.05, 3.63) is 12.3 Å². The number of hydrogen-bond acceptors (Lipinski definition) is 1. The molecule has 2 nitrogen and oxygen atoms in total. The van der Waals surface area contributed by atoms with Crippen LogP contribution < -0.4 is 5.43 Å². The zero-order valence-corrected chi connectivity index (χ0v) is 3.63. The molecule has 1 rings (SSSR count). The number of allylic oxidation sites excluding steroid dienone is 1. The molecule has 2 heteroatoms. The van der Waals surface area contributed by atoms with Gasteiger partial charge in [0.15, 0.2) is 0 Å². The highest BCUT2D eigenvalue weighted by Gasteiger charge is 1.91. The van der Waals surface area contributed by atoms with Crippen LogP contribution >= 0.6 is 0 Å². The Morgan fingerprint density at radius 1 is 1.71 bits per heavy atom. The molecule has 0 spiro atoms. The topological polar surface area (TPSA) is 26.5 Å². The molecule has 0 aromatic heterocycles. The van der Waals surface area contributed by atoms with Crippen molar-refractivity contribution in [1.82, 2.24) is 5.43 Å². The van der Waals surface area contributed by atoms with Crippen molar-refractivity contribution in [3.63, 3.8) is 0 Å². The molecule has 0 fully saturated rings. The van der Waals surface area contributed by atoms with Gasteiger partial charge in [-0.1, -0.05) is 0 Å². The zero-order chi connectivity index (χ0) is 5.11. The van der Waals surface area contributed by atoms with Gasteiger partial charge in [-0.25, -0.2) is 0 Å². The number of terminal acetylenes is 1. The van der Waals surface area contributed by atoms with Gasteiger partial charge in [0, 0.05) is 0 Å². The number of hydrogen-bond donors (Lipinski definition) is 0. The standard InChI is InChI=1S/C5H3N2/c1-2-5-3-4-6-7-5/h1,3-4H. The first-order valence-corrected chi connectivity index (χ1v) is 1.84. The summed E-state index contributed by atoms with van der Waals surface area (Å²) in [4.78, 5) is 0. The van der Waals surface area contributed by atoms with Crippen molar-refractivity contribution in [3.8, 4) is 12.3 Å². The Kier molecular flexibility index (Phi) is 0.833. The highest BCUT2D eigenvalue weighted by Crippen LogP contribution is 1.85. The first-order valence-electron chi connectivity index (χ1n) is 1.84. The second-order valence-corrected chi connectivity index (χ2v) is 1.06. The molecular weight excluding hydrogens is 88.1 g/mol. The first-order chi connectivity index (χ1) is 3.43. The van der Waals surface area contributed by atoms with Crippen LogP contribution in [-0.2, 0) is 0 Å². The number of rotatable bonds is 0. The van der Waals surface area contributed by atoms with Gasteiger partial charge in [-0.3, -0.25) is 0 Å². The van der Waals surface area contributed by atoms with Crippen molar-refractivity contribution >= 4 is 5.71 Å². The fraction of sp³-hybridized carbons (Fsp3) is 0. The van der Waals surface area contributed by atoms with E-state index in [1.807, 2.05) is 0 Å². The molecule has 1 aliphatic heterocycles. The largest absolute Gasteiger partial charge is 0.158 e. The second-order valence-electron chi connectivity index (χ2n) is 1.06. The minimum atomic E-state index is 0.597. The third kappa shape index (κ3) is 0.606. The summed E-state index contributed by atoms with van der Waals surface area (Å²) < 4.78 is 0. The van der Waals surface area contributed by atoms with Gasteiger partial charge in [-0.2, -0.15) is 5.43 Å². The average Bonchev–Trinajstić information content (AvgIpc) is 2.14. The predicted octanol–water partition coefficient (Wildman–Crippen LogP) is 0.107. The Morgan fingerprint density at radius 3 is 2.86 bits per heavy atom. The molecule has 1 aliphatic rings. The van der Waals surface area contributed by atoms with E-state index in [0.717, 1.165) is 0 Å². The normalized spacial score (nSPS) is 15.0. The van der Waals surface area contributed by atoms with Crippen LogP contribution in [0.3, 0.4) is 0 Å². The van der Waals surface area contributed by atoms with E-state index in [1.54, 1.807) is 12.3 Å². The maximum Gasteiger partial charge on any atom is 0.137 e. The molecule has 0 aromatic rings. The lowest BCUT2D eigenvalue weighted by Gasteiger charge is -1.70. The predicted molar refractivity (Wildman–Crippen MR) is 27.5 cm³/mol. The van der Waals surface area contributed by atoms with Gasteiger partial charge in [-0.05, 0) is 12.0 Å². The van der Waals surface area contributed by atoms with E-state index in [1.165, 1.54) is 0 Å². The lowest BCUT2D eigenvalue weighted by molar-refractivity contribution is 0.974. The Labute approximate surface area is 41.9 Å². The maximum atomic E-state index is 4.94. The Morgan fingerprint density at radius 2 is 2.57 bits per heavy atom. The van der Waals surface area contributed by atoms with Crippen LogP contribution in [0.15, 0.2) is 17.4 Å². The van der Waals surface area contributed by atoms with Crippen LogP contribution in [0.1, 0.15) is 0 Å². The molecule has 0 unspecified atom stereocenters. The lowest BCUT2D eigenvalue weighted by Crippen LogP contribution is -1.81. The quantitative estimate of drug-likeness (QED) is 0.378. The molecule has 0 aromatic carbocycles. The van der Waals surface area contributed by atoms with Gasteiger partial charge in [0.1, 0.15) is 5.71 Å². The summed E-state index contributed by atoms with van der Waals surface area (Å²) in [6, 6.07) is 0. The van der Waals surface area contributed by atoms with Crippen molar-refractivity contribution in [2.45, 2.75) is 0 Å². The van der Waals surface area contributed by atoms with E-state index in [2.05, 4.69) is 16.4 Å².